The van der Waals surface area contributed by atoms with Crippen LogP contribution < -0.4 is 5.32 Å². The van der Waals surface area contributed by atoms with Crippen LogP contribution in [0, 0.1) is 0 Å². The molecule has 1 fully saturated rings. The van der Waals surface area contributed by atoms with Crippen LogP contribution in [0.3, 0.4) is 0 Å². The highest BCUT2D eigenvalue weighted by molar-refractivity contribution is 5.99. The monoisotopic (exact) mass is 347 g/mol. The van der Waals surface area contributed by atoms with Crippen molar-refractivity contribution in [3.63, 3.8) is 0 Å². The SMILES string of the molecule is CN(CCCN1CCCCCC1)C(=O)c1ccccc1NCC(=O)O. The molecule has 25 heavy (non-hydrogen) atoms. The smallest absolute Gasteiger partial charge is 0.322 e. The van der Waals surface area contributed by atoms with E-state index in [0.717, 1.165) is 13.0 Å². The Bertz CT molecular complexity index is 569. The molecule has 1 aromatic carbocycles. The van der Waals surface area contributed by atoms with Crippen molar-refractivity contribution in [3.8, 4) is 0 Å². The number of carbonyl (C=O) groups is 2. The first-order valence-electron chi connectivity index (χ1n) is 9.10. The second kappa shape index (κ2) is 10.0. The molecular weight excluding hydrogens is 318 g/mol. The minimum Gasteiger partial charge on any atom is -0.480 e. The van der Waals surface area contributed by atoms with Gasteiger partial charge in [0.2, 0.25) is 0 Å². The van der Waals surface area contributed by atoms with Crippen LogP contribution in [-0.4, -0.2) is 66.6 Å². The highest BCUT2D eigenvalue weighted by Crippen LogP contribution is 2.17. The van der Waals surface area contributed by atoms with Crippen LogP contribution in [0.1, 0.15) is 42.5 Å². The van der Waals surface area contributed by atoms with Gasteiger partial charge in [-0.1, -0.05) is 25.0 Å². The second-order valence-electron chi connectivity index (χ2n) is 6.63. The molecule has 1 aliphatic rings. The largest absolute Gasteiger partial charge is 0.480 e. The molecule has 0 saturated carbocycles. The van der Waals surface area contributed by atoms with Gasteiger partial charge in [0.1, 0.15) is 6.54 Å². The molecule has 0 radical (unpaired) electrons. The number of nitrogens with zero attached hydrogens (tertiary/aromatic N) is 2. The summed E-state index contributed by atoms with van der Waals surface area (Å²) in [5, 5.41) is 11.6. The number of anilines is 1. The number of benzene rings is 1. The Morgan fingerprint density at radius 2 is 1.84 bits per heavy atom. The first kappa shape index (κ1) is 19.2. The van der Waals surface area contributed by atoms with Gasteiger partial charge in [-0.25, -0.2) is 0 Å². The van der Waals surface area contributed by atoms with Crippen molar-refractivity contribution >= 4 is 17.6 Å². The first-order chi connectivity index (χ1) is 12.1. The summed E-state index contributed by atoms with van der Waals surface area (Å²) in [5.41, 5.74) is 1.08. The van der Waals surface area contributed by atoms with Crippen molar-refractivity contribution in [1.82, 2.24) is 9.80 Å². The molecule has 6 heteroatoms. The van der Waals surface area contributed by atoms with Gasteiger partial charge in [0.25, 0.3) is 5.91 Å². The number of carbonyl (C=O) groups excluding carboxylic acids is 1. The second-order valence-corrected chi connectivity index (χ2v) is 6.63. The molecule has 138 valence electrons. The Labute approximate surface area is 149 Å². The fourth-order valence-corrected chi connectivity index (χ4v) is 3.19. The number of amides is 1. The van der Waals surface area contributed by atoms with E-state index in [1.807, 2.05) is 0 Å². The van der Waals surface area contributed by atoms with E-state index in [0.29, 0.717) is 17.8 Å². The summed E-state index contributed by atoms with van der Waals surface area (Å²) >= 11 is 0. The summed E-state index contributed by atoms with van der Waals surface area (Å²) in [6.45, 7) is 3.85. The summed E-state index contributed by atoms with van der Waals surface area (Å²) in [4.78, 5) is 27.6. The number of carboxylic acid groups (broad SMARTS) is 1. The average molecular weight is 347 g/mol. The lowest BCUT2D eigenvalue weighted by atomic mass is 10.1. The average Bonchev–Trinajstić information content (AvgIpc) is 2.88. The third kappa shape index (κ3) is 6.38. The van der Waals surface area contributed by atoms with Crippen LogP contribution in [-0.2, 0) is 4.79 Å². The zero-order valence-electron chi connectivity index (χ0n) is 15.0. The Kier molecular flexibility index (Phi) is 7.73. The maximum atomic E-state index is 12.7. The molecule has 1 aromatic rings. The Hall–Kier alpha value is -2.08. The van der Waals surface area contributed by atoms with Crippen LogP contribution in [0.2, 0.25) is 0 Å². The topological polar surface area (TPSA) is 72.9 Å². The number of aliphatic carboxylic acids is 1. The summed E-state index contributed by atoms with van der Waals surface area (Å²) in [6, 6.07) is 7.06. The molecule has 0 aliphatic carbocycles. The quantitative estimate of drug-likeness (QED) is 0.756. The fraction of sp³-hybridized carbons (Fsp3) is 0.579. The van der Waals surface area contributed by atoms with Gasteiger partial charge in [-0.3, -0.25) is 9.59 Å². The molecule has 1 amide bonds. The molecule has 1 aliphatic heterocycles. The zero-order valence-corrected chi connectivity index (χ0v) is 15.0. The third-order valence-electron chi connectivity index (χ3n) is 4.60. The number of likely N-dealkylation sites (tertiary alicyclic amines) is 1. The van der Waals surface area contributed by atoms with Crippen LogP contribution in [0.5, 0.6) is 0 Å². The predicted octanol–water partition coefficient (Wildman–Crippen LogP) is 2.52. The van der Waals surface area contributed by atoms with Crippen LogP contribution in [0.25, 0.3) is 0 Å². The lowest BCUT2D eigenvalue weighted by Gasteiger charge is -2.23. The molecule has 6 nitrogen and oxygen atoms in total. The number of para-hydroxylation sites is 1. The number of hydrogen-bond donors (Lipinski definition) is 2. The molecule has 0 spiro atoms. The van der Waals surface area contributed by atoms with Crippen molar-refractivity contribution in [2.75, 3.05) is 45.1 Å². The van der Waals surface area contributed by atoms with Gasteiger partial charge in [-0.15, -0.1) is 0 Å². The maximum absolute atomic E-state index is 12.7. The molecule has 0 bridgehead atoms. The summed E-state index contributed by atoms with van der Waals surface area (Å²) in [6.07, 6.45) is 6.16. The van der Waals surface area contributed by atoms with Crippen LogP contribution in [0.15, 0.2) is 24.3 Å². The molecule has 0 unspecified atom stereocenters. The van der Waals surface area contributed by atoms with E-state index in [2.05, 4.69) is 10.2 Å². The Morgan fingerprint density at radius 3 is 2.52 bits per heavy atom. The Balaban J connectivity index is 1.85. The van der Waals surface area contributed by atoms with E-state index >= 15 is 0 Å². The third-order valence-corrected chi connectivity index (χ3v) is 4.60. The van der Waals surface area contributed by atoms with Crippen molar-refractivity contribution in [2.24, 2.45) is 0 Å². The number of hydrogen-bond acceptors (Lipinski definition) is 4. The van der Waals surface area contributed by atoms with Crippen molar-refractivity contribution in [3.05, 3.63) is 29.8 Å². The molecule has 1 heterocycles. The van der Waals surface area contributed by atoms with Gasteiger partial charge in [-0.05, 0) is 51.0 Å². The highest BCUT2D eigenvalue weighted by Gasteiger charge is 2.16. The summed E-state index contributed by atoms with van der Waals surface area (Å²) in [7, 11) is 1.80. The van der Waals surface area contributed by atoms with E-state index < -0.39 is 5.97 Å². The van der Waals surface area contributed by atoms with Gasteiger partial charge in [-0.2, -0.15) is 0 Å². The minimum absolute atomic E-state index is 0.0793. The standard InChI is InChI=1S/C19H29N3O3/c1-21(11-8-14-22-12-6-2-3-7-13-22)19(25)16-9-4-5-10-17(16)20-15-18(23)24/h4-5,9-10,20H,2-3,6-8,11-15H2,1H3,(H,23,24). The van der Waals surface area contributed by atoms with E-state index in [9.17, 15) is 9.59 Å². The molecule has 0 atom stereocenters. The van der Waals surface area contributed by atoms with E-state index in [-0.39, 0.29) is 12.5 Å². The minimum atomic E-state index is -0.951. The number of rotatable bonds is 8. The summed E-state index contributed by atoms with van der Waals surface area (Å²) in [5.74, 6) is -1.03. The number of carboxylic acids is 1. The van der Waals surface area contributed by atoms with Gasteiger partial charge < -0.3 is 20.2 Å². The van der Waals surface area contributed by atoms with Gasteiger partial charge in [0.05, 0.1) is 5.56 Å². The highest BCUT2D eigenvalue weighted by atomic mass is 16.4. The van der Waals surface area contributed by atoms with E-state index in [1.54, 1.807) is 36.2 Å². The van der Waals surface area contributed by atoms with Gasteiger partial charge in [0, 0.05) is 19.3 Å². The predicted molar refractivity (Wildman–Crippen MR) is 99.1 cm³/mol. The first-order valence-corrected chi connectivity index (χ1v) is 9.10. The molecular formula is C19H29N3O3. The van der Waals surface area contributed by atoms with Crippen molar-refractivity contribution in [1.29, 1.82) is 0 Å². The number of nitrogens with one attached hydrogen (secondary N) is 1. The molecule has 2 rings (SSSR count). The molecule has 2 N–H and O–H groups in total. The van der Waals surface area contributed by atoms with Gasteiger partial charge >= 0.3 is 5.97 Å². The van der Waals surface area contributed by atoms with Gasteiger partial charge in [0.15, 0.2) is 0 Å². The Morgan fingerprint density at radius 1 is 1.16 bits per heavy atom. The molecule has 1 saturated heterocycles. The normalized spacial score (nSPS) is 15.4. The van der Waals surface area contributed by atoms with Crippen LogP contribution in [0.4, 0.5) is 5.69 Å². The van der Waals surface area contributed by atoms with E-state index in [4.69, 9.17) is 5.11 Å². The summed E-state index contributed by atoms with van der Waals surface area (Å²) < 4.78 is 0. The van der Waals surface area contributed by atoms with Crippen molar-refractivity contribution < 1.29 is 14.7 Å². The lowest BCUT2D eigenvalue weighted by molar-refractivity contribution is -0.134. The molecule has 0 aromatic heterocycles. The fourth-order valence-electron chi connectivity index (χ4n) is 3.19. The van der Waals surface area contributed by atoms with E-state index in [1.165, 1.54) is 38.8 Å². The van der Waals surface area contributed by atoms with Crippen LogP contribution >= 0.6 is 0 Å². The zero-order chi connectivity index (χ0) is 18.1. The maximum Gasteiger partial charge on any atom is 0.322 e. The van der Waals surface area contributed by atoms with Crippen molar-refractivity contribution in [2.45, 2.75) is 32.1 Å². The lowest BCUT2D eigenvalue weighted by Crippen LogP contribution is -2.32.